The highest BCUT2D eigenvalue weighted by molar-refractivity contribution is 6.29. The van der Waals surface area contributed by atoms with Crippen molar-refractivity contribution >= 4 is 22.8 Å². The number of aromatic nitrogens is 5. The standard InChI is InChI=1S/C18H12ClN5O/c1-10-8-11(9-14(19)22-10)15-16(12-4-2-3-6-20-12)24-18-17(23-15)13(25)5-7-21-18/h2-9H,1H3,(H,21,24,25). The monoisotopic (exact) mass is 349 g/mol. The molecule has 0 aliphatic carbocycles. The molecule has 0 unspecified atom stereocenters. The first-order chi connectivity index (χ1) is 12.1. The predicted molar refractivity (Wildman–Crippen MR) is 96.4 cm³/mol. The van der Waals surface area contributed by atoms with Crippen molar-refractivity contribution in [2.45, 2.75) is 6.92 Å². The van der Waals surface area contributed by atoms with E-state index in [4.69, 9.17) is 11.6 Å². The Morgan fingerprint density at radius 1 is 1.04 bits per heavy atom. The zero-order chi connectivity index (χ0) is 17.4. The summed E-state index contributed by atoms with van der Waals surface area (Å²) in [6, 6.07) is 10.5. The zero-order valence-electron chi connectivity index (χ0n) is 13.2. The lowest BCUT2D eigenvalue weighted by Gasteiger charge is -2.10. The van der Waals surface area contributed by atoms with E-state index in [2.05, 4.69) is 24.9 Å². The third kappa shape index (κ3) is 2.88. The van der Waals surface area contributed by atoms with E-state index in [0.29, 0.717) is 27.9 Å². The van der Waals surface area contributed by atoms with Gasteiger partial charge in [0, 0.05) is 29.7 Å². The van der Waals surface area contributed by atoms with Gasteiger partial charge in [0.05, 0.1) is 11.4 Å². The fourth-order valence-electron chi connectivity index (χ4n) is 2.63. The van der Waals surface area contributed by atoms with Crippen LogP contribution in [0.25, 0.3) is 33.8 Å². The van der Waals surface area contributed by atoms with Crippen LogP contribution in [0.2, 0.25) is 5.15 Å². The highest BCUT2D eigenvalue weighted by atomic mass is 35.5. The summed E-state index contributed by atoms with van der Waals surface area (Å²) in [5.74, 6) is 0. The van der Waals surface area contributed by atoms with Gasteiger partial charge in [-0.25, -0.2) is 15.0 Å². The number of nitrogens with one attached hydrogen (secondary N) is 1. The van der Waals surface area contributed by atoms with Crippen LogP contribution in [0.5, 0.6) is 0 Å². The van der Waals surface area contributed by atoms with E-state index in [0.717, 1.165) is 11.3 Å². The van der Waals surface area contributed by atoms with E-state index in [9.17, 15) is 4.79 Å². The molecule has 0 aliphatic heterocycles. The summed E-state index contributed by atoms with van der Waals surface area (Å²) in [7, 11) is 0. The highest BCUT2D eigenvalue weighted by Crippen LogP contribution is 2.30. The minimum Gasteiger partial charge on any atom is -0.345 e. The van der Waals surface area contributed by atoms with Crippen molar-refractivity contribution in [3.8, 4) is 22.6 Å². The Morgan fingerprint density at radius 3 is 2.68 bits per heavy atom. The maximum atomic E-state index is 12.2. The summed E-state index contributed by atoms with van der Waals surface area (Å²) >= 11 is 6.11. The molecule has 0 bridgehead atoms. The van der Waals surface area contributed by atoms with Gasteiger partial charge in [-0.2, -0.15) is 0 Å². The smallest absolute Gasteiger partial charge is 0.209 e. The van der Waals surface area contributed by atoms with Crippen LogP contribution in [-0.4, -0.2) is 24.9 Å². The van der Waals surface area contributed by atoms with Crippen molar-refractivity contribution in [2.24, 2.45) is 0 Å². The van der Waals surface area contributed by atoms with Crippen molar-refractivity contribution in [3.05, 3.63) is 69.9 Å². The number of halogens is 1. The number of pyridine rings is 3. The molecule has 0 aliphatic rings. The Balaban J connectivity index is 2.10. The van der Waals surface area contributed by atoms with Gasteiger partial charge in [0.25, 0.3) is 0 Å². The van der Waals surface area contributed by atoms with Crippen LogP contribution in [0.4, 0.5) is 0 Å². The summed E-state index contributed by atoms with van der Waals surface area (Å²) in [5, 5.41) is 0.353. The minimum atomic E-state index is -0.202. The van der Waals surface area contributed by atoms with Gasteiger partial charge in [0.1, 0.15) is 10.8 Å². The number of hydrogen-bond donors (Lipinski definition) is 1. The normalized spacial score (nSPS) is 11.0. The van der Waals surface area contributed by atoms with E-state index in [1.807, 2.05) is 31.2 Å². The van der Waals surface area contributed by atoms with E-state index in [1.54, 1.807) is 18.5 Å². The van der Waals surface area contributed by atoms with E-state index in [-0.39, 0.29) is 10.9 Å². The molecule has 4 rings (SSSR count). The van der Waals surface area contributed by atoms with Crippen LogP contribution in [0.1, 0.15) is 5.69 Å². The highest BCUT2D eigenvalue weighted by Gasteiger charge is 2.16. The van der Waals surface area contributed by atoms with Gasteiger partial charge in [-0.3, -0.25) is 9.78 Å². The average Bonchev–Trinajstić information content (AvgIpc) is 2.61. The molecule has 122 valence electrons. The third-order valence-electron chi connectivity index (χ3n) is 3.69. The van der Waals surface area contributed by atoms with Crippen molar-refractivity contribution in [1.29, 1.82) is 0 Å². The Labute approximate surface area is 147 Å². The van der Waals surface area contributed by atoms with Crippen LogP contribution in [0.3, 0.4) is 0 Å². The third-order valence-corrected chi connectivity index (χ3v) is 3.88. The quantitative estimate of drug-likeness (QED) is 0.561. The molecule has 1 N–H and O–H groups in total. The number of nitrogens with zero attached hydrogens (tertiary/aromatic N) is 4. The number of aryl methyl sites for hydroxylation is 1. The molecule has 4 heterocycles. The molecule has 4 aromatic rings. The largest absolute Gasteiger partial charge is 0.345 e. The van der Waals surface area contributed by atoms with Crippen molar-refractivity contribution in [2.75, 3.05) is 0 Å². The molecule has 0 radical (unpaired) electrons. The number of hydrogen-bond acceptors (Lipinski definition) is 5. The Bertz CT molecular complexity index is 1120. The van der Waals surface area contributed by atoms with Crippen LogP contribution in [-0.2, 0) is 0 Å². The molecule has 0 saturated heterocycles. The predicted octanol–water partition coefficient (Wildman–Crippen LogP) is 3.40. The van der Waals surface area contributed by atoms with E-state index < -0.39 is 0 Å². The zero-order valence-corrected chi connectivity index (χ0v) is 13.9. The fourth-order valence-corrected chi connectivity index (χ4v) is 2.88. The Hall–Kier alpha value is -3.12. The summed E-state index contributed by atoms with van der Waals surface area (Å²) in [6.45, 7) is 1.84. The van der Waals surface area contributed by atoms with Crippen LogP contribution in [0.15, 0.2) is 53.6 Å². The molecule has 0 atom stereocenters. The van der Waals surface area contributed by atoms with Crippen LogP contribution >= 0.6 is 11.6 Å². The molecular formula is C18H12ClN5O. The van der Waals surface area contributed by atoms with Gasteiger partial charge in [0.2, 0.25) is 5.43 Å². The van der Waals surface area contributed by atoms with E-state index >= 15 is 0 Å². The molecule has 0 fully saturated rings. The fraction of sp³-hybridized carbons (Fsp3) is 0.0556. The van der Waals surface area contributed by atoms with E-state index in [1.165, 1.54) is 6.07 Å². The SMILES string of the molecule is Cc1cc(-c2nc3c(=O)cc[nH]c3nc2-c2ccccn2)cc(Cl)n1. The number of H-pyrrole nitrogens is 1. The number of aromatic amines is 1. The van der Waals surface area contributed by atoms with Gasteiger partial charge in [-0.05, 0) is 31.2 Å². The van der Waals surface area contributed by atoms with Crippen molar-refractivity contribution in [1.82, 2.24) is 24.9 Å². The maximum Gasteiger partial charge on any atom is 0.209 e. The molecule has 0 amide bonds. The lowest BCUT2D eigenvalue weighted by atomic mass is 10.1. The topological polar surface area (TPSA) is 84.4 Å². The summed E-state index contributed by atoms with van der Waals surface area (Å²) in [6.07, 6.45) is 3.23. The Kier molecular flexibility index (Phi) is 3.74. The van der Waals surface area contributed by atoms with Crippen LogP contribution < -0.4 is 5.43 Å². The van der Waals surface area contributed by atoms with Gasteiger partial charge >= 0.3 is 0 Å². The molecular weight excluding hydrogens is 338 g/mol. The van der Waals surface area contributed by atoms with Gasteiger partial charge in [0.15, 0.2) is 11.2 Å². The Morgan fingerprint density at radius 2 is 1.92 bits per heavy atom. The lowest BCUT2D eigenvalue weighted by Crippen LogP contribution is -2.07. The van der Waals surface area contributed by atoms with Crippen molar-refractivity contribution < 1.29 is 0 Å². The molecule has 6 nitrogen and oxygen atoms in total. The molecule has 25 heavy (non-hydrogen) atoms. The molecule has 7 heteroatoms. The maximum absolute atomic E-state index is 12.2. The molecule has 0 saturated carbocycles. The van der Waals surface area contributed by atoms with Gasteiger partial charge < -0.3 is 4.98 Å². The van der Waals surface area contributed by atoms with Crippen molar-refractivity contribution in [3.63, 3.8) is 0 Å². The number of rotatable bonds is 2. The molecule has 0 aromatic carbocycles. The summed E-state index contributed by atoms with van der Waals surface area (Å²) in [4.78, 5) is 32.8. The second kappa shape index (κ2) is 6.07. The van der Waals surface area contributed by atoms with Crippen LogP contribution in [0, 0.1) is 6.92 Å². The lowest BCUT2D eigenvalue weighted by molar-refractivity contribution is 1.17. The first-order valence-electron chi connectivity index (χ1n) is 7.57. The van der Waals surface area contributed by atoms with Gasteiger partial charge in [-0.15, -0.1) is 0 Å². The van der Waals surface area contributed by atoms with Gasteiger partial charge in [-0.1, -0.05) is 17.7 Å². The summed E-state index contributed by atoms with van der Waals surface area (Å²) in [5.41, 5.74) is 3.71. The first kappa shape index (κ1) is 15.4. The second-order valence-corrected chi connectivity index (χ2v) is 5.88. The second-order valence-electron chi connectivity index (χ2n) is 5.49. The molecule has 4 aromatic heterocycles. The molecule has 0 spiro atoms. The number of fused-ring (bicyclic) bond motifs is 1. The minimum absolute atomic E-state index is 0.202. The first-order valence-corrected chi connectivity index (χ1v) is 7.95. The summed E-state index contributed by atoms with van der Waals surface area (Å²) < 4.78 is 0. The average molecular weight is 350 g/mol.